The van der Waals surface area contributed by atoms with Crippen LogP contribution in [0.15, 0.2) is 24.9 Å². The Labute approximate surface area is 143 Å². The minimum absolute atomic E-state index is 0.559. The maximum atomic E-state index is 4.42. The number of nitrogens with zero attached hydrogens (tertiary/aromatic N) is 6. The van der Waals surface area contributed by atoms with Gasteiger partial charge in [0.2, 0.25) is 0 Å². The Kier molecular flexibility index (Phi) is 4.22. The predicted molar refractivity (Wildman–Crippen MR) is 94.0 cm³/mol. The van der Waals surface area contributed by atoms with Gasteiger partial charge in [-0.1, -0.05) is 0 Å². The molecule has 3 heterocycles. The van der Waals surface area contributed by atoms with E-state index in [1.54, 1.807) is 6.33 Å². The average Bonchev–Trinajstić information content (AvgIpc) is 3.34. The van der Waals surface area contributed by atoms with Crippen molar-refractivity contribution in [2.75, 3.05) is 25.0 Å². The van der Waals surface area contributed by atoms with Crippen LogP contribution >= 0.6 is 0 Å². The van der Waals surface area contributed by atoms with Crippen LogP contribution in [0, 0.1) is 6.92 Å². The van der Waals surface area contributed by atoms with E-state index in [1.165, 1.54) is 31.4 Å². The first-order chi connectivity index (χ1) is 11.7. The summed E-state index contributed by atoms with van der Waals surface area (Å²) in [7, 11) is 2.16. The van der Waals surface area contributed by atoms with Gasteiger partial charge in [-0.15, -0.1) is 0 Å². The van der Waals surface area contributed by atoms with Gasteiger partial charge < -0.3 is 9.47 Å². The van der Waals surface area contributed by atoms with Crippen molar-refractivity contribution in [2.24, 2.45) is 0 Å². The lowest BCUT2D eigenvalue weighted by molar-refractivity contribution is 0.199. The molecule has 0 atom stereocenters. The van der Waals surface area contributed by atoms with E-state index in [2.05, 4.69) is 42.4 Å². The summed E-state index contributed by atoms with van der Waals surface area (Å²) in [6.07, 6.45) is 10.7. The van der Waals surface area contributed by atoms with Crippen molar-refractivity contribution >= 4 is 5.82 Å². The second kappa shape index (κ2) is 6.51. The topological polar surface area (TPSA) is 50.1 Å². The molecule has 24 heavy (non-hydrogen) atoms. The summed E-state index contributed by atoms with van der Waals surface area (Å²) in [6, 6.07) is 3.34. The molecule has 1 aliphatic heterocycles. The van der Waals surface area contributed by atoms with E-state index in [0.29, 0.717) is 12.1 Å². The van der Waals surface area contributed by atoms with Gasteiger partial charge in [0.15, 0.2) is 0 Å². The van der Waals surface area contributed by atoms with E-state index in [1.807, 2.05) is 19.4 Å². The number of imidazole rings is 1. The molecular formula is C18H26N6. The molecule has 0 unspecified atom stereocenters. The maximum absolute atomic E-state index is 4.42. The van der Waals surface area contributed by atoms with Gasteiger partial charge in [0.25, 0.3) is 0 Å². The minimum atomic E-state index is 0.559. The SMILES string of the molecule is Cc1cc(N(C)C2CCN(Cc3cncn3C3CC3)CC2)ncn1. The van der Waals surface area contributed by atoms with E-state index >= 15 is 0 Å². The zero-order chi connectivity index (χ0) is 16.5. The van der Waals surface area contributed by atoms with Gasteiger partial charge in [-0.25, -0.2) is 15.0 Å². The Bertz CT molecular complexity index is 684. The molecule has 0 spiro atoms. The molecule has 0 amide bonds. The van der Waals surface area contributed by atoms with E-state index < -0.39 is 0 Å². The van der Waals surface area contributed by atoms with Gasteiger partial charge in [-0.3, -0.25) is 4.90 Å². The Balaban J connectivity index is 1.34. The highest BCUT2D eigenvalue weighted by Gasteiger charge is 2.27. The van der Waals surface area contributed by atoms with Crippen molar-refractivity contribution in [1.82, 2.24) is 24.4 Å². The number of rotatable bonds is 5. The van der Waals surface area contributed by atoms with Gasteiger partial charge in [0.1, 0.15) is 12.1 Å². The van der Waals surface area contributed by atoms with Crippen LogP contribution in [0.4, 0.5) is 5.82 Å². The zero-order valence-corrected chi connectivity index (χ0v) is 14.6. The van der Waals surface area contributed by atoms with E-state index in [0.717, 1.165) is 31.1 Å². The Morgan fingerprint density at radius 3 is 2.67 bits per heavy atom. The number of anilines is 1. The van der Waals surface area contributed by atoms with Crippen LogP contribution in [0.2, 0.25) is 0 Å². The van der Waals surface area contributed by atoms with Crippen molar-refractivity contribution in [2.45, 2.75) is 51.2 Å². The lowest BCUT2D eigenvalue weighted by atomic mass is 10.0. The largest absolute Gasteiger partial charge is 0.356 e. The van der Waals surface area contributed by atoms with Crippen molar-refractivity contribution in [3.05, 3.63) is 36.3 Å². The van der Waals surface area contributed by atoms with Crippen LogP contribution < -0.4 is 4.90 Å². The summed E-state index contributed by atoms with van der Waals surface area (Å²) >= 11 is 0. The van der Waals surface area contributed by atoms with Crippen molar-refractivity contribution < 1.29 is 0 Å². The van der Waals surface area contributed by atoms with Crippen molar-refractivity contribution in [3.63, 3.8) is 0 Å². The second-order valence-corrected chi connectivity index (χ2v) is 7.16. The number of piperidine rings is 1. The fourth-order valence-corrected chi connectivity index (χ4v) is 3.65. The van der Waals surface area contributed by atoms with Crippen LogP contribution in [0.5, 0.6) is 0 Å². The first-order valence-electron chi connectivity index (χ1n) is 8.95. The highest BCUT2D eigenvalue weighted by Crippen LogP contribution is 2.36. The first-order valence-corrected chi connectivity index (χ1v) is 8.95. The molecule has 0 bridgehead atoms. The van der Waals surface area contributed by atoms with Crippen molar-refractivity contribution in [3.8, 4) is 0 Å². The third-order valence-electron chi connectivity index (χ3n) is 5.33. The Morgan fingerprint density at radius 2 is 1.96 bits per heavy atom. The fraction of sp³-hybridized carbons (Fsp3) is 0.611. The van der Waals surface area contributed by atoms with Crippen LogP contribution in [-0.2, 0) is 6.54 Å². The normalized spacial score (nSPS) is 19.6. The van der Waals surface area contributed by atoms with Crippen LogP contribution in [0.3, 0.4) is 0 Å². The molecule has 1 saturated carbocycles. The summed E-state index contributed by atoms with van der Waals surface area (Å²) in [5.74, 6) is 1.03. The van der Waals surface area contributed by atoms with Crippen LogP contribution in [-0.4, -0.2) is 50.6 Å². The quantitative estimate of drug-likeness (QED) is 0.844. The molecule has 0 N–H and O–H groups in total. The van der Waals surface area contributed by atoms with Crippen LogP contribution in [0.25, 0.3) is 0 Å². The molecule has 6 nitrogen and oxygen atoms in total. The molecule has 2 aromatic rings. The van der Waals surface area contributed by atoms with Crippen LogP contribution in [0.1, 0.15) is 43.1 Å². The van der Waals surface area contributed by atoms with Gasteiger partial charge >= 0.3 is 0 Å². The molecule has 0 aromatic carbocycles. The first kappa shape index (κ1) is 15.6. The molecule has 1 aliphatic carbocycles. The molecule has 2 aromatic heterocycles. The standard InChI is InChI=1S/C18H26N6/c1-14-9-18(21-12-20-14)22(2)15-5-7-23(8-6-15)11-17-10-19-13-24(17)16-3-4-16/h9-10,12-13,15-16H,3-8,11H2,1-2H3. The third-order valence-corrected chi connectivity index (χ3v) is 5.33. The molecule has 4 rings (SSSR count). The number of hydrogen-bond acceptors (Lipinski definition) is 5. The minimum Gasteiger partial charge on any atom is -0.356 e. The summed E-state index contributed by atoms with van der Waals surface area (Å²) in [4.78, 5) is 17.9. The monoisotopic (exact) mass is 326 g/mol. The molecule has 128 valence electrons. The number of likely N-dealkylation sites (tertiary alicyclic amines) is 1. The van der Waals surface area contributed by atoms with Gasteiger partial charge in [-0.05, 0) is 32.6 Å². The number of hydrogen-bond donors (Lipinski definition) is 0. The molecular weight excluding hydrogens is 300 g/mol. The summed E-state index contributed by atoms with van der Waals surface area (Å²) in [6.45, 7) is 5.31. The zero-order valence-electron chi connectivity index (χ0n) is 14.6. The molecule has 6 heteroatoms. The number of aromatic nitrogens is 4. The van der Waals surface area contributed by atoms with Gasteiger partial charge in [0.05, 0.1) is 12.0 Å². The summed E-state index contributed by atoms with van der Waals surface area (Å²) in [5.41, 5.74) is 2.40. The highest BCUT2D eigenvalue weighted by molar-refractivity contribution is 5.39. The van der Waals surface area contributed by atoms with E-state index in [4.69, 9.17) is 0 Å². The van der Waals surface area contributed by atoms with E-state index in [-0.39, 0.29) is 0 Å². The maximum Gasteiger partial charge on any atom is 0.132 e. The smallest absolute Gasteiger partial charge is 0.132 e. The molecule has 2 aliphatic rings. The second-order valence-electron chi connectivity index (χ2n) is 7.16. The Hall–Kier alpha value is -1.95. The Morgan fingerprint density at radius 1 is 1.17 bits per heavy atom. The predicted octanol–water partition coefficient (Wildman–Crippen LogP) is 2.42. The molecule has 1 saturated heterocycles. The van der Waals surface area contributed by atoms with E-state index in [9.17, 15) is 0 Å². The fourth-order valence-electron chi connectivity index (χ4n) is 3.65. The number of aryl methyl sites for hydroxylation is 1. The highest BCUT2D eigenvalue weighted by atomic mass is 15.2. The summed E-state index contributed by atoms with van der Waals surface area (Å²) < 4.78 is 2.38. The lowest BCUT2D eigenvalue weighted by Gasteiger charge is -2.37. The van der Waals surface area contributed by atoms with Gasteiger partial charge in [-0.2, -0.15) is 0 Å². The van der Waals surface area contributed by atoms with Crippen molar-refractivity contribution in [1.29, 1.82) is 0 Å². The third kappa shape index (κ3) is 3.29. The molecule has 2 fully saturated rings. The molecule has 0 radical (unpaired) electrons. The van der Waals surface area contributed by atoms with Gasteiger partial charge in [0, 0.05) is 56.7 Å². The summed E-state index contributed by atoms with van der Waals surface area (Å²) in [5, 5.41) is 0. The average molecular weight is 326 g/mol. The lowest BCUT2D eigenvalue weighted by Crippen LogP contribution is -2.43.